The number of hydrogen-bond acceptors (Lipinski definition) is 3. The standard InChI is InChI=1S/C20H19BrN4O/c21-16-8-6-15(7-9-16)20(26)22-17-10-11-25(13-17)19-12-18(23-24-19)14-4-2-1-3-5-14/h1-9,12,17H,10-11,13H2,(H,22,26)(H,23,24)/t17-/m0/s1. The number of rotatable bonds is 4. The second-order valence-corrected chi connectivity index (χ2v) is 7.33. The van der Waals surface area contributed by atoms with Crippen molar-refractivity contribution < 1.29 is 4.79 Å². The van der Waals surface area contributed by atoms with Gasteiger partial charge in [0.2, 0.25) is 0 Å². The van der Waals surface area contributed by atoms with Crippen molar-refractivity contribution >= 4 is 27.7 Å². The van der Waals surface area contributed by atoms with Gasteiger partial charge in [0.15, 0.2) is 5.82 Å². The number of aromatic amines is 1. The van der Waals surface area contributed by atoms with Crippen molar-refractivity contribution in [1.82, 2.24) is 15.5 Å². The number of anilines is 1. The molecule has 3 aromatic rings. The molecule has 0 spiro atoms. The van der Waals surface area contributed by atoms with Crippen LogP contribution in [-0.4, -0.2) is 35.2 Å². The monoisotopic (exact) mass is 410 g/mol. The van der Waals surface area contributed by atoms with Gasteiger partial charge in [-0.15, -0.1) is 0 Å². The van der Waals surface area contributed by atoms with Gasteiger partial charge in [-0.2, -0.15) is 5.10 Å². The van der Waals surface area contributed by atoms with E-state index in [2.05, 4.69) is 54.5 Å². The molecule has 5 nitrogen and oxygen atoms in total. The molecule has 2 aromatic carbocycles. The van der Waals surface area contributed by atoms with Gasteiger partial charge < -0.3 is 10.2 Å². The minimum atomic E-state index is -0.0312. The minimum absolute atomic E-state index is 0.0312. The number of halogens is 1. The van der Waals surface area contributed by atoms with Gasteiger partial charge in [0.25, 0.3) is 5.91 Å². The van der Waals surface area contributed by atoms with E-state index in [1.807, 2.05) is 42.5 Å². The molecule has 1 aromatic heterocycles. The van der Waals surface area contributed by atoms with Gasteiger partial charge in [-0.1, -0.05) is 46.3 Å². The Morgan fingerprint density at radius 1 is 1.15 bits per heavy atom. The maximum atomic E-state index is 12.4. The van der Waals surface area contributed by atoms with Crippen LogP contribution in [0.5, 0.6) is 0 Å². The minimum Gasteiger partial charge on any atom is -0.353 e. The first-order chi connectivity index (χ1) is 12.7. The number of nitrogens with one attached hydrogen (secondary N) is 2. The molecule has 132 valence electrons. The van der Waals surface area contributed by atoms with Crippen molar-refractivity contribution in [2.24, 2.45) is 0 Å². The molecule has 4 rings (SSSR count). The number of aromatic nitrogens is 2. The molecule has 6 heteroatoms. The number of benzene rings is 2. The van der Waals surface area contributed by atoms with Crippen molar-refractivity contribution in [2.45, 2.75) is 12.5 Å². The highest BCUT2D eigenvalue weighted by atomic mass is 79.9. The molecule has 1 atom stereocenters. The van der Waals surface area contributed by atoms with Gasteiger partial charge in [-0.3, -0.25) is 9.89 Å². The summed E-state index contributed by atoms with van der Waals surface area (Å²) < 4.78 is 0.967. The molecule has 2 heterocycles. The van der Waals surface area contributed by atoms with E-state index in [9.17, 15) is 4.79 Å². The molecule has 1 aliphatic rings. The lowest BCUT2D eigenvalue weighted by Gasteiger charge is -2.16. The summed E-state index contributed by atoms with van der Waals surface area (Å²) in [7, 11) is 0. The third kappa shape index (κ3) is 3.65. The summed E-state index contributed by atoms with van der Waals surface area (Å²) in [5.41, 5.74) is 2.80. The molecule has 1 saturated heterocycles. The third-order valence-electron chi connectivity index (χ3n) is 4.60. The predicted octanol–water partition coefficient (Wildman–Crippen LogP) is 3.85. The Hall–Kier alpha value is -2.60. The van der Waals surface area contributed by atoms with Crippen molar-refractivity contribution in [3.05, 3.63) is 70.7 Å². The summed E-state index contributed by atoms with van der Waals surface area (Å²) in [6.45, 7) is 1.64. The van der Waals surface area contributed by atoms with Gasteiger partial charge in [0.05, 0.1) is 5.69 Å². The number of nitrogens with zero attached hydrogens (tertiary/aromatic N) is 2. The van der Waals surface area contributed by atoms with Crippen LogP contribution in [0.25, 0.3) is 11.3 Å². The average Bonchev–Trinajstić information content (AvgIpc) is 3.32. The van der Waals surface area contributed by atoms with Crippen LogP contribution in [0.1, 0.15) is 16.8 Å². The van der Waals surface area contributed by atoms with E-state index in [0.717, 1.165) is 41.1 Å². The molecule has 0 saturated carbocycles. The fraction of sp³-hybridized carbons (Fsp3) is 0.200. The smallest absolute Gasteiger partial charge is 0.251 e. The summed E-state index contributed by atoms with van der Waals surface area (Å²) in [6, 6.07) is 19.7. The third-order valence-corrected chi connectivity index (χ3v) is 5.13. The fourth-order valence-electron chi connectivity index (χ4n) is 3.19. The van der Waals surface area contributed by atoms with E-state index in [-0.39, 0.29) is 11.9 Å². The Kier molecular flexibility index (Phi) is 4.75. The Labute approximate surface area is 160 Å². The highest BCUT2D eigenvalue weighted by Crippen LogP contribution is 2.24. The average molecular weight is 411 g/mol. The maximum absolute atomic E-state index is 12.4. The normalized spacial score (nSPS) is 16.7. The van der Waals surface area contributed by atoms with Crippen molar-refractivity contribution in [2.75, 3.05) is 18.0 Å². The molecular weight excluding hydrogens is 392 g/mol. The van der Waals surface area contributed by atoms with Crippen molar-refractivity contribution in [3.63, 3.8) is 0 Å². The topological polar surface area (TPSA) is 61.0 Å². The predicted molar refractivity (Wildman–Crippen MR) is 106 cm³/mol. The maximum Gasteiger partial charge on any atom is 0.251 e. The summed E-state index contributed by atoms with van der Waals surface area (Å²) in [5.74, 6) is 0.889. The van der Waals surface area contributed by atoms with Gasteiger partial charge in [-0.05, 0) is 36.2 Å². The summed E-state index contributed by atoms with van der Waals surface area (Å²) in [5, 5.41) is 10.7. The highest BCUT2D eigenvalue weighted by molar-refractivity contribution is 9.10. The second kappa shape index (κ2) is 7.33. The Morgan fingerprint density at radius 3 is 2.69 bits per heavy atom. The van der Waals surface area contributed by atoms with E-state index in [1.54, 1.807) is 0 Å². The molecule has 0 bridgehead atoms. The van der Waals surface area contributed by atoms with Crippen LogP contribution in [0.4, 0.5) is 5.82 Å². The number of amides is 1. The molecule has 1 aliphatic heterocycles. The molecule has 0 aliphatic carbocycles. The molecule has 1 fully saturated rings. The van der Waals surface area contributed by atoms with Crippen LogP contribution in [-0.2, 0) is 0 Å². The first-order valence-corrected chi connectivity index (χ1v) is 9.40. The summed E-state index contributed by atoms with van der Waals surface area (Å²) in [4.78, 5) is 14.6. The molecule has 0 radical (unpaired) electrons. The second-order valence-electron chi connectivity index (χ2n) is 6.42. The van der Waals surface area contributed by atoms with E-state index < -0.39 is 0 Å². The quantitative estimate of drug-likeness (QED) is 0.686. The summed E-state index contributed by atoms with van der Waals surface area (Å²) in [6.07, 6.45) is 0.912. The van der Waals surface area contributed by atoms with Crippen molar-refractivity contribution in [3.8, 4) is 11.3 Å². The lowest BCUT2D eigenvalue weighted by atomic mass is 10.1. The van der Waals surface area contributed by atoms with E-state index in [4.69, 9.17) is 0 Å². The molecule has 0 unspecified atom stereocenters. The first-order valence-electron chi connectivity index (χ1n) is 8.61. The fourth-order valence-corrected chi connectivity index (χ4v) is 3.46. The van der Waals surface area contributed by atoms with Crippen LogP contribution in [0, 0.1) is 0 Å². The van der Waals surface area contributed by atoms with Crippen LogP contribution < -0.4 is 10.2 Å². The Balaban J connectivity index is 1.39. The highest BCUT2D eigenvalue weighted by Gasteiger charge is 2.26. The molecule has 26 heavy (non-hydrogen) atoms. The molecule has 1 amide bonds. The lowest BCUT2D eigenvalue weighted by Crippen LogP contribution is -2.37. The van der Waals surface area contributed by atoms with Gasteiger partial charge in [-0.25, -0.2) is 0 Å². The number of carbonyl (C=O) groups excluding carboxylic acids is 1. The SMILES string of the molecule is O=C(N[C@H]1CCN(c2cc(-c3ccccc3)[nH]n2)C1)c1ccc(Br)cc1. The Bertz CT molecular complexity index is 892. The van der Waals surface area contributed by atoms with Crippen LogP contribution in [0.2, 0.25) is 0 Å². The zero-order valence-electron chi connectivity index (χ0n) is 14.2. The number of carbonyl (C=O) groups is 1. The lowest BCUT2D eigenvalue weighted by molar-refractivity contribution is 0.0940. The zero-order chi connectivity index (χ0) is 17.9. The van der Waals surface area contributed by atoms with E-state index in [1.165, 1.54) is 0 Å². The molecular formula is C20H19BrN4O. The molecule has 2 N–H and O–H groups in total. The van der Waals surface area contributed by atoms with Gasteiger partial charge in [0, 0.05) is 35.2 Å². The van der Waals surface area contributed by atoms with Gasteiger partial charge >= 0.3 is 0 Å². The number of H-pyrrole nitrogens is 1. The van der Waals surface area contributed by atoms with Gasteiger partial charge in [0.1, 0.15) is 0 Å². The van der Waals surface area contributed by atoms with Crippen LogP contribution in [0.3, 0.4) is 0 Å². The van der Waals surface area contributed by atoms with Crippen LogP contribution in [0.15, 0.2) is 65.1 Å². The van der Waals surface area contributed by atoms with E-state index in [0.29, 0.717) is 5.56 Å². The largest absolute Gasteiger partial charge is 0.353 e. The Morgan fingerprint density at radius 2 is 1.92 bits per heavy atom. The summed E-state index contributed by atoms with van der Waals surface area (Å²) >= 11 is 3.39. The first kappa shape index (κ1) is 16.8. The zero-order valence-corrected chi connectivity index (χ0v) is 15.7. The van der Waals surface area contributed by atoms with E-state index >= 15 is 0 Å². The van der Waals surface area contributed by atoms with Crippen LogP contribution >= 0.6 is 15.9 Å². The number of hydrogen-bond donors (Lipinski definition) is 2. The van der Waals surface area contributed by atoms with Crippen molar-refractivity contribution in [1.29, 1.82) is 0 Å².